The molecule has 0 amide bonds. The van der Waals surface area contributed by atoms with E-state index in [1.165, 1.54) is 29.0 Å². The molecular weight excluding hydrogens is 277 g/mol. The Hall–Kier alpha value is -1.51. The highest BCUT2D eigenvalue weighted by molar-refractivity contribution is 7.51. The number of nitrogens with zero attached hydrogens (tertiary/aromatic N) is 2. The van der Waals surface area contributed by atoms with Crippen LogP contribution in [0.3, 0.4) is 0 Å². The minimum Gasteiger partial charge on any atom is -0.383 e. The molecule has 2 atom stereocenters. The molecule has 0 aliphatic carbocycles. The van der Waals surface area contributed by atoms with Crippen molar-refractivity contribution >= 4 is 13.4 Å². The molecule has 0 bridgehead atoms. The zero-order chi connectivity index (χ0) is 14.0. The Bertz CT molecular complexity index is 594. The zero-order valence-corrected chi connectivity index (χ0v) is 10.5. The molecule has 0 radical (unpaired) electrons. The summed E-state index contributed by atoms with van der Waals surface area (Å²) < 4.78 is 21.9. The van der Waals surface area contributed by atoms with Crippen molar-refractivity contribution < 1.29 is 23.8 Å². The molecule has 0 unspecified atom stereocenters. The van der Waals surface area contributed by atoms with Crippen LogP contribution in [0.4, 0.5) is 5.82 Å². The number of hydrogen-bond acceptors (Lipinski definition) is 6. The molecule has 1 aromatic heterocycles. The van der Waals surface area contributed by atoms with Gasteiger partial charge in [0.2, 0.25) is 0 Å². The van der Waals surface area contributed by atoms with E-state index in [4.69, 9.17) is 25.0 Å². The van der Waals surface area contributed by atoms with Crippen molar-refractivity contribution in [1.29, 1.82) is 0 Å². The van der Waals surface area contributed by atoms with Gasteiger partial charge in [-0.3, -0.25) is 9.13 Å². The Morgan fingerprint density at radius 1 is 1.53 bits per heavy atom. The van der Waals surface area contributed by atoms with Crippen molar-refractivity contribution in [1.82, 2.24) is 9.55 Å². The van der Waals surface area contributed by atoms with Crippen molar-refractivity contribution in [2.24, 2.45) is 0 Å². The molecule has 0 aromatic carbocycles. The summed E-state index contributed by atoms with van der Waals surface area (Å²) in [5.41, 5.74) is 4.76. The van der Waals surface area contributed by atoms with Crippen LogP contribution in [0.5, 0.6) is 0 Å². The van der Waals surface area contributed by atoms with Crippen molar-refractivity contribution in [3.63, 3.8) is 0 Å². The third-order valence-corrected chi connectivity index (χ3v) is 2.72. The van der Waals surface area contributed by atoms with E-state index in [2.05, 4.69) is 4.98 Å². The lowest BCUT2D eigenvalue weighted by Gasteiger charge is -2.16. The summed E-state index contributed by atoms with van der Waals surface area (Å²) in [5.74, 6) is 0.0949. The summed E-state index contributed by atoms with van der Waals surface area (Å²) >= 11 is 0. The predicted molar refractivity (Wildman–Crippen MR) is 64.0 cm³/mol. The monoisotopic (exact) mass is 289 g/mol. The van der Waals surface area contributed by atoms with Crippen LogP contribution in [0.1, 0.15) is 6.23 Å². The molecular formula is C9H12N3O6P. The predicted octanol–water partition coefficient (Wildman–Crippen LogP) is -0.612. The topological polar surface area (TPSA) is 137 Å². The lowest BCUT2D eigenvalue weighted by atomic mass is 10.5. The van der Waals surface area contributed by atoms with Gasteiger partial charge in [0.15, 0.2) is 18.9 Å². The van der Waals surface area contributed by atoms with E-state index >= 15 is 0 Å². The molecule has 2 rings (SSSR count). The highest BCUT2D eigenvalue weighted by Gasteiger charge is 2.24. The van der Waals surface area contributed by atoms with Gasteiger partial charge in [-0.2, -0.15) is 4.98 Å². The molecule has 104 valence electrons. The third kappa shape index (κ3) is 3.72. The molecule has 2 heterocycles. The van der Waals surface area contributed by atoms with Gasteiger partial charge in [-0.25, -0.2) is 4.79 Å². The Labute approximate surface area is 107 Å². The maximum atomic E-state index is 11.5. The van der Waals surface area contributed by atoms with E-state index in [1.54, 1.807) is 0 Å². The molecule has 10 heteroatoms. The normalized spacial score (nSPS) is 22.8. The molecule has 4 N–H and O–H groups in total. The van der Waals surface area contributed by atoms with Crippen LogP contribution in [0.25, 0.3) is 0 Å². The summed E-state index contributed by atoms with van der Waals surface area (Å²) in [5, 5.41) is 0. The first-order valence-electron chi connectivity index (χ1n) is 5.20. The molecule has 0 saturated carbocycles. The second-order valence-electron chi connectivity index (χ2n) is 3.78. The summed E-state index contributed by atoms with van der Waals surface area (Å²) in [6.07, 6.45) is 1.94. The fourth-order valence-corrected chi connectivity index (χ4v) is 1.80. The van der Waals surface area contributed by atoms with Crippen LogP contribution < -0.4 is 11.4 Å². The van der Waals surface area contributed by atoms with Crippen molar-refractivity contribution in [2.75, 3.05) is 12.1 Å². The molecule has 9 nitrogen and oxygen atoms in total. The van der Waals surface area contributed by atoms with E-state index in [1.807, 2.05) is 0 Å². The number of nitrogen functional groups attached to an aromatic ring is 1. The van der Waals surface area contributed by atoms with Crippen molar-refractivity contribution in [3.05, 3.63) is 34.9 Å². The fourth-order valence-electron chi connectivity index (χ4n) is 1.46. The number of rotatable bonds is 4. The highest BCUT2D eigenvalue weighted by Crippen LogP contribution is 2.35. The lowest BCUT2D eigenvalue weighted by molar-refractivity contribution is -0.127. The standard InChI is InChI=1S/C9H12N3O6P/c10-6-3-4-12(9(13)11-6)7-1-2-8(18-7)17-5-19(14,15)16/h1-4,7-8H,5H2,(H2,10,11,13)(H2,14,15,16)/t7-,8+/m1/s1. The van der Waals surface area contributed by atoms with Crippen LogP contribution in [0, 0.1) is 0 Å². The second kappa shape index (κ2) is 5.24. The molecule has 0 spiro atoms. The average Bonchev–Trinajstić information content (AvgIpc) is 2.74. The number of hydrogen-bond donors (Lipinski definition) is 3. The van der Waals surface area contributed by atoms with Gasteiger partial charge in [0.05, 0.1) is 0 Å². The summed E-state index contributed by atoms with van der Waals surface area (Å²) in [6.45, 7) is 0. The average molecular weight is 289 g/mol. The second-order valence-corrected chi connectivity index (χ2v) is 5.37. The third-order valence-electron chi connectivity index (χ3n) is 2.24. The smallest absolute Gasteiger partial charge is 0.351 e. The van der Waals surface area contributed by atoms with Crippen LogP contribution in [0.2, 0.25) is 0 Å². The minimum atomic E-state index is -4.26. The summed E-state index contributed by atoms with van der Waals surface area (Å²) in [7, 11) is -4.26. The van der Waals surface area contributed by atoms with Crippen LogP contribution >= 0.6 is 7.60 Å². The van der Waals surface area contributed by atoms with Gasteiger partial charge in [0.25, 0.3) is 0 Å². The Morgan fingerprint density at radius 2 is 2.26 bits per heavy atom. The fraction of sp³-hybridized carbons (Fsp3) is 0.333. The Kier molecular flexibility index (Phi) is 3.83. The van der Waals surface area contributed by atoms with E-state index in [0.717, 1.165) is 0 Å². The lowest BCUT2D eigenvalue weighted by Crippen LogP contribution is -2.28. The first-order valence-corrected chi connectivity index (χ1v) is 6.99. The van der Waals surface area contributed by atoms with Crippen LogP contribution in [-0.2, 0) is 14.0 Å². The van der Waals surface area contributed by atoms with Crippen LogP contribution in [-0.4, -0.2) is 32.0 Å². The quantitative estimate of drug-likeness (QED) is 0.493. The van der Waals surface area contributed by atoms with Gasteiger partial charge in [-0.1, -0.05) is 0 Å². The van der Waals surface area contributed by atoms with E-state index < -0.39 is 32.2 Å². The van der Waals surface area contributed by atoms with Crippen molar-refractivity contribution in [2.45, 2.75) is 12.5 Å². The van der Waals surface area contributed by atoms with Gasteiger partial charge in [0, 0.05) is 6.20 Å². The Morgan fingerprint density at radius 3 is 2.89 bits per heavy atom. The number of aromatic nitrogens is 2. The minimum absolute atomic E-state index is 0.0949. The molecule has 0 saturated heterocycles. The SMILES string of the molecule is Nc1ccn([C@H]2C=C[C@@H](OCP(=O)(O)O)O2)c(=O)n1. The highest BCUT2D eigenvalue weighted by atomic mass is 31.2. The van der Waals surface area contributed by atoms with E-state index in [-0.39, 0.29) is 5.82 Å². The maximum Gasteiger partial charge on any atom is 0.351 e. The largest absolute Gasteiger partial charge is 0.383 e. The zero-order valence-electron chi connectivity index (χ0n) is 9.62. The van der Waals surface area contributed by atoms with E-state index in [0.29, 0.717) is 0 Å². The van der Waals surface area contributed by atoms with Crippen LogP contribution in [0.15, 0.2) is 29.2 Å². The van der Waals surface area contributed by atoms with Gasteiger partial charge in [0.1, 0.15) is 5.82 Å². The number of ether oxygens (including phenoxy) is 2. The van der Waals surface area contributed by atoms with Gasteiger partial charge in [-0.15, -0.1) is 0 Å². The maximum absolute atomic E-state index is 11.5. The van der Waals surface area contributed by atoms with Crippen molar-refractivity contribution in [3.8, 4) is 0 Å². The summed E-state index contributed by atoms with van der Waals surface area (Å²) in [4.78, 5) is 32.4. The molecule has 19 heavy (non-hydrogen) atoms. The first-order chi connectivity index (χ1) is 8.85. The molecule has 1 aliphatic rings. The number of anilines is 1. The number of nitrogens with two attached hydrogens (primary N) is 1. The first kappa shape index (κ1) is 13.9. The van der Waals surface area contributed by atoms with E-state index in [9.17, 15) is 9.36 Å². The summed E-state index contributed by atoms with van der Waals surface area (Å²) in [6, 6.07) is 1.43. The van der Waals surface area contributed by atoms with Gasteiger partial charge < -0.3 is 25.0 Å². The molecule has 1 aliphatic heterocycles. The van der Waals surface area contributed by atoms with Gasteiger partial charge in [-0.05, 0) is 18.2 Å². The van der Waals surface area contributed by atoms with Gasteiger partial charge >= 0.3 is 13.3 Å². The Balaban J connectivity index is 2.01. The molecule has 0 fully saturated rings. The molecule has 1 aromatic rings.